The van der Waals surface area contributed by atoms with E-state index in [1.807, 2.05) is 13.2 Å². The van der Waals surface area contributed by atoms with Crippen molar-refractivity contribution in [2.45, 2.75) is 19.4 Å². The molecule has 19 heavy (non-hydrogen) atoms. The molecule has 0 aromatic heterocycles. The van der Waals surface area contributed by atoms with Crippen LogP contribution in [0.15, 0.2) is 18.2 Å². The predicted octanol–water partition coefficient (Wildman–Crippen LogP) is 2.85. The number of hydrogen-bond acceptors (Lipinski definition) is 5. The highest BCUT2D eigenvalue weighted by Crippen LogP contribution is 2.27. The van der Waals surface area contributed by atoms with E-state index in [0.717, 1.165) is 18.2 Å². The van der Waals surface area contributed by atoms with Crippen molar-refractivity contribution in [3.8, 4) is 0 Å². The molecule has 0 saturated heterocycles. The smallest absolute Gasteiger partial charge is 0.335 e. The topological polar surface area (TPSA) is 92.5 Å². The molecule has 0 aliphatic carbocycles. The van der Waals surface area contributed by atoms with Crippen LogP contribution in [0, 0.1) is 10.1 Å². The normalized spacial score (nSPS) is 11.9. The van der Waals surface area contributed by atoms with Gasteiger partial charge in [-0.3, -0.25) is 10.1 Å². The fourth-order valence-electron chi connectivity index (χ4n) is 1.62. The number of carbonyl (C=O) groups is 1. The van der Waals surface area contributed by atoms with E-state index < -0.39 is 10.9 Å². The molecule has 0 fully saturated rings. The Balaban J connectivity index is 3.06. The summed E-state index contributed by atoms with van der Waals surface area (Å²) < 4.78 is 0. The Morgan fingerprint density at radius 2 is 2.26 bits per heavy atom. The maximum atomic E-state index is 11.0. The first-order chi connectivity index (χ1) is 8.99. The van der Waals surface area contributed by atoms with E-state index in [2.05, 4.69) is 5.32 Å². The standard InChI is InChI=1S/C12H16N2O4S/c1-3-9(7-19-2)13-10-5-4-8(12(15)16)6-11(10)14(17)18/h4-6,9,13H,3,7H2,1-2H3,(H,15,16). The Hall–Kier alpha value is -1.76. The molecule has 0 bridgehead atoms. The zero-order chi connectivity index (χ0) is 14.4. The van der Waals surface area contributed by atoms with Gasteiger partial charge in [0.2, 0.25) is 0 Å². The number of hydrogen-bond donors (Lipinski definition) is 2. The van der Waals surface area contributed by atoms with Gasteiger partial charge in [0.1, 0.15) is 5.69 Å². The average molecular weight is 284 g/mol. The Bertz CT molecular complexity index is 479. The summed E-state index contributed by atoms with van der Waals surface area (Å²) in [4.78, 5) is 21.2. The second-order valence-electron chi connectivity index (χ2n) is 4.00. The van der Waals surface area contributed by atoms with Crippen molar-refractivity contribution in [2.75, 3.05) is 17.3 Å². The van der Waals surface area contributed by atoms with Gasteiger partial charge in [-0.25, -0.2) is 4.79 Å². The van der Waals surface area contributed by atoms with Crippen molar-refractivity contribution in [3.63, 3.8) is 0 Å². The van der Waals surface area contributed by atoms with E-state index in [4.69, 9.17) is 5.11 Å². The maximum Gasteiger partial charge on any atom is 0.335 e. The van der Waals surface area contributed by atoms with Crippen LogP contribution in [0.5, 0.6) is 0 Å². The fraction of sp³-hybridized carbons (Fsp3) is 0.417. The maximum absolute atomic E-state index is 11.0. The van der Waals surface area contributed by atoms with E-state index in [1.165, 1.54) is 12.1 Å². The molecule has 2 N–H and O–H groups in total. The van der Waals surface area contributed by atoms with Gasteiger partial charge in [0.15, 0.2) is 0 Å². The molecule has 0 spiro atoms. The molecule has 104 valence electrons. The zero-order valence-corrected chi connectivity index (χ0v) is 11.6. The molecule has 0 saturated carbocycles. The number of carboxylic acid groups (broad SMARTS) is 1. The minimum Gasteiger partial charge on any atom is -0.478 e. The second kappa shape index (κ2) is 6.98. The van der Waals surface area contributed by atoms with Gasteiger partial charge in [-0.05, 0) is 24.8 Å². The average Bonchev–Trinajstić information content (AvgIpc) is 2.37. The Morgan fingerprint density at radius 3 is 2.74 bits per heavy atom. The first-order valence-corrected chi connectivity index (χ1v) is 7.16. The number of nitrogens with zero attached hydrogens (tertiary/aromatic N) is 1. The van der Waals surface area contributed by atoms with Crippen molar-refractivity contribution in [1.29, 1.82) is 0 Å². The van der Waals surface area contributed by atoms with Gasteiger partial charge >= 0.3 is 5.97 Å². The summed E-state index contributed by atoms with van der Waals surface area (Å²) in [7, 11) is 0. The highest BCUT2D eigenvalue weighted by Gasteiger charge is 2.19. The molecule has 1 aromatic carbocycles. The Kier molecular flexibility index (Phi) is 5.62. The van der Waals surface area contributed by atoms with Crippen LogP contribution in [0.3, 0.4) is 0 Å². The van der Waals surface area contributed by atoms with Crippen LogP contribution in [-0.2, 0) is 0 Å². The molecule has 1 rings (SSSR count). The number of aromatic carboxylic acids is 1. The summed E-state index contributed by atoms with van der Waals surface area (Å²) in [6.07, 6.45) is 2.80. The lowest BCUT2D eigenvalue weighted by Gasteiger charge is -2.17. The number of nitro groups is 1. The Morgan fingerprint density at radius 1 is 1.58 bits per heavy atom. The van der Waals surface area contributed by atoms with Crippen LogP contribution in [-0.4, -0.2) is 34.0 Å². The van der Waals surface area contributed by atoms with Crippen molar-refractivity contribution in [1.82, 2.24) is 0 Å². The number of carboxylic acids is 1. The molecule has 6 nitrogen and oxygen atoms in total. The monoisotopic (exact) mass is 284 g/mol. The van der Waals surface area contributed by atoms with Gasteiger partial charge in [0, 0.05) is 17.9 Å². The van der Waals surface area contributed by atoms with Gasteiger partial charge in [-0.2, -0.15) is 11.8 Å². The molecule has 0 radical (unpaired) electrons. The summed E-state index contributed by atoms with van der Waals surface area (Å²) in [6.45, 7) is 1.99. The lowest BCUT2D eigenvalue weighted by molar-refractivity contribution is -0.384. The van der Waals surface area contributed by atoms with Crippen LogP contribution < -0.4 is 5.32 Å². The third-order valence-electron chi connectivity index (χ3n) is 2.66. The molecule has 1 unspecified atom stereocenters. The highest BCUT2D eigenvalue weighted by molar-refractivity contribution is 7.98. The van der Waals surface area contributed by atoms with Gasteiger partial charge in [0.25, 0.3) is 5.69 Å². The summed E-state index contributed by atoms with van der Waals surface area (Å²) in [5.74, 6) is -0.347. The minimum absolute atomic E-state index is 0.0878. The Labute approximate surface area is 115 Å². The van der Waals surface area contributed by atoms with Gasteiger partial charge in [0.05, 0.1) is 10.5 Å². The van der Waals surface area contributed by atoms with Gasteiger partial charge in [-0.1, -0.05) is 6.92 Å². The van der Waals surface area contributed by atoms with Gasteiger partial charge in [-0.15, -0.1) is 0 Å². The van der Waals surface area contributed by atoms with Gasteiger partial charge < -0.3 is 10.4 Å². The number of nitrogens with one attached hydrogen (secondary N) is 1. The van der Waals surface area contributed by atoms with Crippen LogP contribution in [0.25, 0.3) is 0 Å². The fourth-order valence-corrected chi connectivity index (χ4v) is 2.34. The molecular weight excluding hydrogens is 268 g/mol. The number of thioether (sulfide) groups is 1. The molecule has 0 aliphatic rings. The zero-order valence-electron chi connectivity index (χ0n) is 10.8. The summed E-state index contributed by atoms with van der Waals surface area (Å²) in [5.41, 5.74) is 0.0607. The summed E-state index contributed by atoms with van der Waals surface area (Å²) >= 11 is 1.65. The van der Waals surface area contributed by atoms with Crippen LogP contribution in [0.2, 0.25) is 0 Å². The molecule has 0 aliphatic heterocycles. The molecule has 1 aromatic rings. The van der Waals surface area contributed by atoms with Crippen molar-refractivity contribution in [2.24, 2.45) is 0 Å². The number of rotatable bonds is 7. The molecule has 7 heteroatoms. The first kappa shape index (κ1) is 15.3. The molecular formula is C12H16N2O4S. The van der Waals surface area contributed by atoms with Crippen molar-refractivity contribution >= 4 is 29.1 Å². The molecule has 0 amide bonds. The van der Waals surface area contributed by atoms with E-state index in [-0.39, 0.29) is 17.3 Å². The number of anilines is 1. The summed E-state index contributed by atoms with van der Waals surface area (Å²) in [5, 5.41) is 22.9. The first-order valence-electron chi connectivity index (χ1n) is 5.76. The highest BCUT2D eigenvalue weighted by atomic mass is 32.2. The number of benzene rings is 1. The SMILES string of the molecule is CCC(CSC)Nc1ccc(C(=O)O)cc1[N+](=O)[O-]. The van der Waals surface area contributed by atoms with Crippen LogP contribution in [0.4, 0.5) is 11.4 Å². The predicted molar refractivity (Wildman–Crippen MR) is 76.1 cm³/mol. The quantitative estimate of drug-likeness (QED) is 0.591. The molecule has 0 heterocycles. The minimum atomic E-state index is -1.18. The summed E-state index contributed by atoms with van der Waals surface area (Å²) in [6, 6.07) is 4.01. The second-order valence-corrected chi connectivity index (χ2v) is 4.91. The lowest BCUT2D eigenvalue weighted by atomic mass is 10.1. The van der Waals surface area contributed by atoms with Crippen molar-refractivity contribution < 1.29 is 14.8 Å². The van der Waals surface area contributed by atoms with Crippen LogP contribution >= 0.6 is 11.8 Å². The van der Waals surface area contributed by atoms with E-state index in [1.54, 1.807) is 11.8 Å². The van der Waals surface area contributed by atoms with Crippen molar-refractivity contribution in [3.05, 3.63) is 33.9 Å². The van der Waals surface area contributed by atoms with E-state index in [9.17, 15) is 14.9 Å². The number of nitro benzene ring substituents is 1. The van der Waals surface area contributed by atoms with Crippen LogP contribution in [0.1, 0.15) is 23.7 Å². The molecule has 1 atom stereocenters. The largest absolute Gasteiger partial charge is 0.478 e. The third kappa shape index (κ3) is 4.13. The lowest BCUT2D eigenvalue weighted by Crippen LogP contribution is -2.21. The third-order valence-corrected chi connectivity index (χ3v) is 3.40. The van der Waals surface area contributed by atoms with E-state index in [0.29, 0.717) is 5.69 Å². The van der Waals surface area contributed by atoms with E-state index >= 15 is 0 Å².